The maximum absolute atomic E-state index is 11.3. The quantitative estimate of drug-likeness (QED) is 0.443. The summed E-state index contributed by atoms with van der Waals surface area (Å²) in [5, 5.41) is 0. The van der Waals surface area contributed by atoms with E-state index >= 15 is 0 Å². The third kappa shape index (κ3) is 1.21. The third-order valence-electron chi connectivity index (χ3n) is 2.40. The highest BCUT2D eigenvalue weighted by Gasteiger charge is 2.50. The molecule has 12 heavy (non-hydrogen) atoms. The molecule has 0 aliphatic carbocycles. The summed E-state index contributed by atoms with van der Waals surface area (Å²) in [5.74, 6) is -0.163. The van der Waals surface area contributed by atoms with Crippen LogP contribution in [0.5, 0.6) is 0 Å². The highest BCUT2D eigenvalue weighted by atomic mass is 16.6. The summed E-state index contributed by atoms with van der Waals surface area (Å²) in [4.78, 5) is 11.3. The van der Waals surface area contributed by atoms with E-state index in [9.17, 15) is 4.79 Å². The van der Waals surface area contributed by atoms with Gasteiger partial charge in [-0.25, -0.2) is 0 Å². The monoisotopic (exact) mass is 172 g/mol. The van der Waals surface area contributed by atoms with Crippen LogP contribution in [-0.2, 0) is 19.0 Å². The third-order valence-corrected chi connectivity index (χ3v) is 2.40. The van der Waals surface area contributed by atoms with Gasteiger partial charge in [-0.15, -0.1) is 0 Å². The summed E-state index contributed by atoms with van der Waals surface area (Å²) in [5.41, 5.74) is -0.393. The molecule has 0 aromatic heterocycles. The van der Waals surface area contributed by atoms with Gasteiger partial charge < -0.3 is 14.2 Å². The van der Waals surface area contributed by atoms with Gasteiger partial charge in [-0.2, -0.15) is 0 Å². The van der Waals surface area contributed by atoms with Crippen LogP contribution in [0.15, 0.2) is 0 Å². The number of rotatable bonds is 3. The molecule has 4 heteroatoms. The highest BCUT2D eigenvalue weighted by Crippen LogP contribution is 2.37. The summed E-state index contributed by atoms with van der Waals surface area (Å²) in [6.45, 7) is 1.75. The second-order valence-corrected chi connectivity index (χ2v) is 3.42. The zero-order chi connectivity index (χ0) is 8.60. The van der Waals surface area contributed by atoms with Gasteiger partial charge in [0.1, 0.15) is 5.41 Å². The predicted molar refractivity (Wildman–Crippen MR) is 39.6 cm³/mol. The van der Waals surface area contributed by atoms with E-state index in [1.807, 2.05) is 0 Å². The van der Waals surface area contributed by atoms with E-state index in [2.05, 4.69) is 0 Å². The lowest BCUT2D eigenvalue weighted by atomic mass is 9.81. The van der Waals surface area contributed by atoms with Crippen LogP contribution in [0.3, 0.4) is 0 Å². The minimum absolute atomic E-state index is 0.163. The number of epoxide rings is 1. The first-order valence-electron chi connectivity index (χ1n) is 4.05. The molecule has 0 spiro atoms. The molecule has 1 atom stereocenters. The van der Waals surface area contributed by atoms with Gasteiger partial charge in [0.25, 0.3) is 0 Å². The Morgan fingerprint density at radius 1 is 1.67 bits per heavy atom. The molecule has 0 bridgehead atoms. The van der Waals surface area contributed by atoms with Crippen molar-refractivity contribution in [3.63, 3.8) is 0 Å². The lowest BCUT2D eigenvalue weighted by molar-refractivity contribution is -0.185. The smallest absolute Gasteiger partial charge is 0.316 e. The number of hydrogen-bond acceptors (Lipinski definition) is 4. The van der Waals surface area contributed by atoms with Crippen molar-refractivity contribution < 1.29 is 19.0 Å². The van der Waals surface area contributed by atoms with Crippen molar-refractivity contribution in [2.75, 3.05) is 26.9 Å². The van der Waals surface area contributed by atoms with E-state index in [0.29, 0.717) is 13.2 Å². The molecule has 0 saturated carbocycles. The number of hydrogen-bond donors (Lipinski definition) is 0. The molecule has 2 rings (SSSR count). The number of carbonyl (C=O) groups excluding carboxylic acids is 1. The molecule has 1 unspecified atom stereocenters. The van der Waals surface area contributed by atoms with Crippen LogP contribution in [0.4, 0.5) is 0 Å². The largest absolute Gasteiger partial charge is 0.468 e. The van der Waals surface area contributed by atoms with E-state index in [-0.39, 0.29) is 12.1 Å². The molecule has 2 heterocycles. The Morgan fingerprint density at radius 2 is 2.33 bits per heavy atom. The molecule has 68 valence electrons. The molecule has 2 saturated heterocycles. The van der Waals surface area contributed by atoms with Gasteiger partial charge in [-0.05, 0) is 6.42 Å². The minimum atomic E-state index is -0.393. The summed E-state index contributed by atoms with van der Waals surface area (Å²) >= 11 is 0. The molecule has 0 aromatic carbocycles. The standard InChI is InChI=1S/C8H12O4/c1-10-7(9)8(4-11-5-8)2-6-3-12-6/h6H,2-5H2,1H3. The molecule has 4 nitrogen and oxygen atoms in total. The zero-order valence-corrected chi connectivity index (χ0v) is 7.04. The molecule has 0 amide bonds. The van der Waals surface area contributed by atoms with Crippen molar-refractivity contribution in [1.82, 2.24) is 0 Å². The van der Waals surface area contributed by atoms with Crippen LogP contribution in [0.1, 0.15) is 6.42 Å². The fraction of sp³-hybridized carbons (Fsp3) is 0.875. The molecule has 2 aliphatic heterocycles. The van der Waals surface area contributed by atoms with Crippen LogP contribution >= 0.6 is 0 Å². The number of methoxy groups -OCH3 is 1. The van der Waals surface area contributed by atoms with E-state index in [4.69, 9.17) is 14.2 Å². The highest BCUT2D eigenvalue weighted by molar-refractivity contribution is 5.78. The summed E-state index contributed by atoms with van der Waals surface area (Å²) < 4.78 is 14.8. The van der Waals surface area contributed by atoms with Crippen LogP contribution in [-0.4, -0.2) is 39.0 Å². The summed E-state index contributed by atoms with van der Waals surface area (Å²) in [6, 6.07) is 0. The number of carbonyl (C=O) groups is 1. The Hall–Kier alpha value is -0.610. The van der Waals surface area contributed by atoms with Gasteiger partial charge in [0.15, 0.2) is 0 Å². The summed E-state index contributed by atoms with van der Waals surface area (Å²) in [7, 11) is 1.41. The van der Waals surface area contributed by atoms with E-state index in [1.165, 1.54) is 7.11 Å². The molecule has 2 aliphatic rings. The number of ether oxygens (including phenoxy) is 3. The Bertz CT molecular complexity index is 193. The van der Waals surface area contributed by atoms with Gasteiger partial charge in [0.2, 0.25) is 0 Å². The fourth-order valence-corrected chi connectivity index (χ4v) is 1.51. The second kappa shape index (κ2) is 2.71. The molecule has 0 N–H and O–H groups in total. The van der Waals surface area contributed by atoms with Crippen molar-refractivity contribution >= 4 is 5.97 Å². The van der Waals surface area contributed by atoms with E-state index < -0.39 is 5.41 Å². The SMILES string of the molecule is COC(=O)C1(CC2CO2)COC1. The maximum Gasteiger partial charge on any atom is 0.316 e. The number of esters is 1. The Kier molecular flexibility index (Phi) is 1.81. The van der Waals surface area contributed by atoms with Crippen molar-refractivity contribution in [1.29, 1.82) is 0 Å². The lowest BCUT2D eigenvalue weighted by Gasteiger charge is -2.38. The lowest BCUT2D eigenvalue weighted by Crippen LogP contribution is -2.50. The minimum Gasteiger partial charge on any atom is -0.468 e. The molecular weight excluding hydrogens is 160 g/mol. The van der Waals surface area contributed by atoms with Gasteiger partial charge >= 0.3 is 5.97 Å². The van der Waals surface area contributed by atoms with E-state index in [1.54, 1.807) is 0 Å². The first-order valence-corrected chi connectivity index (χ1v) is 4.05. The maximum atomic E-state index is 11.3. The van der Waals surface area contributed by atoms with Crippen molar-refractivity contribution in [3.05, 3.63) is 0 Å². The second-order valence-electron chi connectivity index (χ2n) is 3.42. The normalized spacial score (nSPS) is 30.6. The molecule has 0 aromatic rings. The first kappa shape index (κ1) is 8.01. The topological polar surface area (TPSA) is 48.1 Å². The summed E-state index contributed by atoms with van der Waals surface area (Å²) in [6.07, 6.45) is 1.01. The van der Waals surface area contributed by atoms with Crippen LogP contribution < -0.4 is 0 Å². The fourth-order valence-electron chi connectivity index (χ4n) is 1.51. The zero-order valence-electron chi connectivity index (χ0n) is 7.04. The van der Waals surface area contributed by atoms with Crippen molar-refractivity contribution in [2.24, 2.45) is 5.41 Å². The first-order chi connectivity index (χ1) is 5.77. The van der Waals surface area contributed by atoms with Crippen LogP contribution in [0, 0.1) is 5.41 Å². The molecule has 0 radical (unpaired) electrons. The van der Waals surface area contributed by atoms with Gasteiger partial charge in [0.05, 0.1) is 33.0 Å². The van der Waals surface area contributed by atoms with Crippen molar-refractivity contribution in [3.8, 4) is 0 Å². The van der Waals surface area contributed by atoms with E-state index in [0.717, 1.165) is 13.0 Å². The Morgan fingerprint density at radius 3 is 2.67 bits per heavy atom. The van der Waals surface area contributed by atoms with Gasteiger partial charge in [-0.1, -0.05) is 0 Å². The Balaban J connectivity index is 1.96. The average Bonchev–Trinajstić information content (AvgIpc) is 2.78. The molecule has 2 fully saturated rings. The Labute approximate surface area is 70.8 Å². The van der Waals surface area contributed by atoms with Crippen molar-refractivity contribution in [2.45, 2.75) is 12.5 Å². The van der Waals surface area contributed by atoms with Gasteiger partial charge in [0, 0.05) is 0 Å². The average molecular weight is 172 g/mol. The van der Waals surface area contributed by atoms with Crippen LogP contribution in [0.25, 0.3) is 0 Å². The predicted octanol–water partition coefficient (Wildman–Crippen LogP) is -0.0351. The van der Waals surface area contributed by atoms with Crippen LogP contribution in [0.2, 0.25) is 0 Å². The van der Waals surface area contributed by atoms with Gasteiger partial charge in [-0.3, -0.25) is 4.79 Å². The molecular formula is C8H12O4.